The molecule has 0 spiro atoms. The van der Waals surface area contributed by atoms with Crippen LogP contribution in [0.15, 0.2) is 32.1 Å². The molecule has 1 aliphatic carbocycles. The second kappa shape index (κ2) is 5.81. The van der Waals surface area contributed by atoms with Crippen LogP contribution in [-0.2, 0) is 5.41 Å². The number of aromatic nitrogens is 2. The normalized spacial score (nSPS) is 31.8. The summed E-state index contributed by atoms with van der Waals surface area (Å²) in [5.41, 5.74) is 0.372. The molecule has 1 saturated carbocycles. The van der Waals surface area contributed by atoms with Gasteiger partial charge in [0.1, 0.15) is 4.90 Å². The first-order valence-electron chi connectivity index (χ1n) is 9.11. The summed E-state index contributed by atoms with van der Waals surface area (Å²) in [6.45, 7) is 4.37. The van der Waals surface area contributed by atoms with Gasteiger partial charge in [0.15, 0.2) is 0 Å². The first kappa shape index (κ1) is 17.0. The average molecular weight is 359 g/mol. The molecule has 2 atom stereocenters. The maximum Gasteiger partial charge on any atom is 0.267 e. The van der Waals surface area contributed by atoms with Gasteiger partial charge in [0.2, 0.25) is 0 Å². The van der Waals surface area contributed by atoms with Gasteiger partial charge in [0.25, 0.3) is 5.56 Å². The van der Waals surface area contributed by atoms with Crippen LogP contribution in [0.3, 0.4) is 0 Å². The number of likely N-dealkylation sites (N-methyl/N-ethyl adjacent to an activating group) is 1. The lowest BCUT2D eigenvalue weighted by Gasteiger charge is -2.47. The smallest absolute Gasteiger partial charge is 0.267 e. The van der Waals surface area contributed by atoms with Crippen molar-refractivity contribution in [2.24, 2.45) is 4.99 Å². The quantitative estimate of drug-likeness (QED) is 0.813. The Kier molecular flexibility index (Phi) is 3.96. The summed E-state index contributed by atoms with van der Waals surface area (Å²) in [6, 6.07) is 0.306. The molecular weight excluding hydrogens is 332 g/mol. The van der Waals surface area contributed by atoms with Gasteiger partial charge >= 0.3 is 0 Å². The van der Waals surface area contributed by atoms with Crippen LogP contribution < -0.4 is 5.56 Å². The van der Waals surface area contributed by atoms with Gasteiger partial charge in [0, 0.05) is 23.4 Å². The second-order valence-corrected chi connectivity index (χ2v) is 9.02. The highest BCUT2D eigenvalue weighted by Gasteiger charge is 2.57. The van der Waals surface area contributed by atoms with E-state index in [4.69, 9.17) is 4.98 Å². The van der Waals surface area contributed by atoms with Crippen LogP contribution in [-0.4, -0.2) is 40.3 Å². The summed E-state index contributed by atoms with van der Waals surface area (Å²) in [6.07, 6.45) is 11.6. The van der Waals surface area contributed by atoms with E-state index in [1.165, 1.54) is 19.3 Å². The molecule has 0 aromatic carbocycles. The lowest BCUT2D eigenvalue weighted by atomic mass is 9.68. The van der Waals surface area contributed by atoms with Gasteiger partial charge in [-0.15, -0.1) is 0 Å². The number of hydrogen-bond donors (Lipinski definition) is 0. The van der Waals surface area contributed by atoms with Crippen molar-refractivity contribution in [1.29, 1.82) is 0 Å². The Hall–Kier alpha value is -1.40. The Morgan fingerprint density at radius 1 is 1.24 bits per heavy atom. The highest BCUT2D eigenvalue weighted by molar-refractivity contribution is 8.03. The van der Waals surface area contributed by atoms with E-state index in [0.717, 1.165) is 28.3 Å². The molecule has 2 aliphatic heterocycles. The predicted molar refractivity (Wildman–Crippen MR) is 102 cm³/mol. The topological polar surface area (TPSA) is 50.5 Å². The van der Waals surface area contributed by atoms with E-state index >= 15 is 0 Å². The number of nitrogens with zero attached hydrogens (tertiary/aromatic N) is 4. The molecule has 1 aromatic heterocycles. The van der Waals surface area contributed by atoms with Gasteiger partial charge in [-0.2, -0.15) is 0 Å². The summed E-state index contributed by atoms with van der Waals surface area (Å²) < 4.78 is 1.89. The van der Waals surface area contributed by atoms with Crippen molar-refractivity contribution in [3.63, 3.8) is 0 Å². The maximum absolute atomic E-state index is 13.2. The van der Waals surface area contributed by atoms with Gasteiger partial charge in [-0.3, -0.25) is 19.3 Å². The van der Waals surface area contributed by atoms with Gasteiger partial charge < -0.3 is 0 Å². The Morgan fingerprint density at radius 2 is 1.96 bits per heavy atom. The molecule has 3 heterocycles. The molecule has 5 nitrogen and oxygen atoms in total. The van der Waals surface area contributed by atoms with Crippen LogP contribution in [0.1, 0.15) is 57.7 Å². The van der Waals surface area contributed by atoms with Crippen LogP contribution in [0.5, 0.6) is 0 Å². The number of hydrogen-bond acceptors (Lipinski definition) is 5. The van der Waals surface area contributed by atoms with Crippen molar-refractivity contribution in [2.45, 2.75) is 67.8 Å². The minimum Gasteiger partial charge on any atom is -0.298 e. The minimum absolute atomic E-state index is 0.125. The van der Waals surface area contributed by atoms with Crippen LogP contribution in [0.4, 0.5) is 0 Å². The van der Waals surface area contributed by atoms with Gasteiger partial charge in [-0.1, -0.05) is 31.0 Å². The van der Waals surface area contributed by atoms with Gasteiger partial charge in [0.05, 0.1) is 23.0 Å². The van der Waals surface area contributed by atoms with Crippen LogP contribution in [0.2, 0.25) is 0 Å². The van der Waals surface area contributed by atoms with Crippen molar-refractivity contribution in [3.05, 3.63) is 33.5 Å². The van der Waals surface area contributed by atoms with Crippen molar-refractivity contribution in [2.75, 3.05) is 14.1 Å². The van der Waals surface area contributed by atoms with E-state index in [-0.39, 0.29) is 16.5 Å². The summed E-state index contributed by atoms with van der Waals surface area (Å²) in [4.78, 5) is 26.7. The molecule has 2 unspecified atom stereocenters. The fourth-order valence-electron chi connectivity index (χ4n) is 4.43. The Morgan fingerprint density at radius 3 is 2.64 bits per heavy atom. The van der Waals surface area contributed by atoms with E-state index in [1.807, 2.05) is 17.0 Å². The fourth-order valence-corrected chi connectivity index (χ4v) is 5.82. The number of rotatable bonds is 2. The van der Waals surface area contributed by atoms with Crippen LogP contribution in [0, 0.1) is 0 Å². The summed E-state index contributed by atoms with van der Waals surface area (Å²) in [5.74, 6) is 0. The molecule has 0 saturated heterocycles. The number of aliphatic imine (C=N–C) groups is 1. The summed E-state index contributed by atoms with van der Waals surface area (Å²) in [7, 11) is 4.12. The molecule has 0 bridgehead atoms. The molecule has 0 N–H and O–H groups in total. The molecular formula is C19H26N4OS. The van der Waals surface area contributed by atoms with E-state index < -0.39 is 0 Å². The molecule has 1 aromatic rings. The number of fused-ring (bicyclic) bond motifs is 3. The third kappa shape index (κ3) is 2.23. The first-order chi connectivity index (χ1) is 11.9. The SMILES string of the molecule is CN(C)C1(C)C=NC=C2Sc3c(ncn(C4CCCCC4)c3=O)C21C. The Bertz CT molecular complexity index is 821. The van der Waals surface area contributed by atoms with E-state index in [1.54, 1.807) is 18.1 Å². The maximum atomic E-state index is 13.2. The molecule has 6 heteroatoms. The van der Waals surface area contributed by atoms with E-state index in [9.17, 15) is 4.79 Å². The molecule has 1 fully saturated rings. The molecule has 0 amide bonds. The van der Waals surface area contributed by atoms with Crippen molar-refractivity contribution in [1.82, 2.24) is 14.5 Å². The van der Waals surface area contributed by atoms with Crippen molar-refractivity contribution in [3.8, 4) is 0 Å². The Balaban J connectivity index is 1.85. The molecule has 3 aliphatic rings. The summed E-state index contributed by atoms with van der Waals surface area (Å²) in [5, 5.41) is 0. The third-order valence-corrected chi connectivity index (χ3v) is 7.87. The monoisotopic (exact) mass is 358 g/mol. The Labute approximate surface area is 153 Å². The second-order valence-electron chi connectivity index (χ2n) is 7.97. The average Bonchev–Trinajstić information content (AvgIpc) is 2.91. The minimum atomic E-state index is -0.344. The van der Waals surface area contributed by atoms with E-state index in [0.29, 0.717) is 6.04 Å². The predicted octanol–water partition coefficient (Wildman–Crippen LogP) is 3.36. The van der Waals surface area contributed by atoms with Crippen LogP contribution in [0.25, 0.3) is 0 Å². The zero-order valence-corrected chi connectivity index (χ0v) is 16.3. The van der Waals surface area contributed by atoms with Crippen molar-refractivity contribution < 1.29 is 0 Å². The zero-order chi connectivity index (χ0) is 17.8. The van der Waals surface area contributed by atoms with Crippen LogP contribution >= 0.6 is 11.8 Å². The lowest BCUT2D eigenvalue weighted by Crippen LogP contribution is -2.59. The van der Waals surface area contributed by atoms with Gasteiger partial charge in [-0.05, 0) is 40.8 Å². The zero-order valence-electron chi connectivity index (χ0n) is 15.5. The standard InChI is InChI=1S/C19H26N4OS/c1-18(22(3)4)11-20-10-14-19(18,2)16-15(25-14)17(24)23(12-21-16)13-8-6-5-7-9-13/h10-13H,5-9H2,1-4H3. The van der Waals surface area contributed by atoms with E-state index in [2.05, 4.69) is 37.8 Å². The summed E-state index contributed by atoms with van der Waals surface area (Å²) >= 11 is 1.57. The first-order valence-corrected chi connectivity index (χ1v) is 9.93. The lowest BCUT2D eigenvalue weighted by molar-refractivity contribution is 0.173. The third-order valence-electron chi connectivity index (χ3n) is 6.56. The highest BCUT2D eigenvalue weighted by atomic mass is 32.2. The molecule has 134 valence electrons. The number of thioether (sulfide) groups is 1. The molecule has 25 heavy (non-hydrogen) atoms. The van der Waals surface area contributed by atoms with Gasteiger partial charge in [-0.25, -0.2) is 4.98 Å². The van der Waals surface area contributed by atoms with Crippen molar-refractivity contribution >= 4 is 18.0 Å². The molecule has 4 rings (SSSR count). The highest BCUT2D eigenvalue weighted by Crippen LogP contribution is 2.57. The fraction of sp³-hybridized carbons (Fsp3) is 0.632. The molecule has 0 radical (unpaired) electrons. The largest absolute Gasteiger partial charge is 0.298 e.